The van der Waals surface area contributed by atoms with Crippen molar-refractivity contribution in [3.8, 4) is 0 Å². The van der Waals surface area contributed by atoms with Gasteiger partial charge < -0.3 is 11.1 Å². The van der Waals surface area contributed by atoms with E-state index in [2.05, 4.69) is 5.32 Å². The van der Waals surface area contributed by atoms with Crippen LogP contribution in [-0.4, -0.2) is 13.1 Å². The molecular weight excluding hydrogens is 277 g/mol. The summed E-state index contributed by atoms with van der Waals surface area (Å²) in [6, 6.07) is 3.49. The molecule has 1 atom stereocenters. The first-order valence-corrected chi connectivity index (χ1v) is 6.61. The van der Waals surface area contributed by atoms with Crippen LogP contribution >= 0.6 is 11.6 Å². The van der Waals surface area contributed by atoms with Crippen molar-refractivity contribution >= 4 is 11.6 Å². The van der Waals surface area contributed by atoms with Gasteiger partial charge in [0.25, 0.3) is 0 Å². The maximum Gasteiger partial charge on any atom is 0.417 e. The van der Waals surface area contributed by atoms with Crippen molar-refractivity contribution in [2.75, 3.05) is 13.1 Å². The third-order valence-corrected chi connectivity index (χ3v) is 4.01. The van der Waals surface area contributed by atoms with E-state index in [1.807, 2.05) is 0 Å². The predicted molar refractivity (Wildman–Crippen MR) is 69.0 cm³/mol. The zero-order valence-corrected chi connectivity index (χ0v) is 11.1. The Morgan fingerprint density at radius 1 is 1.26 bits per heavy atom. The molecular formula is C13H16ClF3N2. The fourth-order valence-corrected chi connectivity index (χ4v) is 2.84. The number of piperidine rings is 1. The molecule has 1 aliphatic rings. The van der Waals surface area contributed by atoms with Crippen LogP contribution in [0.15, 0.2) is 18.2 Å². The van der Waals surface area contributed by atoms with Crippen LogP contribution in [0.3, 0.4) is 0 Å². The van der Waals surface area contributed by atoms with Gasteiger partial charge in [-0.3, -0.25) is 0 Å². The molecule has 0 amide bonds. The van der Waals surface area contributed by atoms with Gasteiger partial charge in [0.2, 0.25) is 0 Å². The Labute approximate surface area is 115 Å². The first-order valence-electron chi connectivity index (χ1n) is 6.23. The van der Waals surface area contributed by atoms with E-state index in [0.29, 0.717) is 5.56 Å². The number of rotatable bonds is 2. The number of hydrogen-bond donors (Lipinski definition) is 2. The predicted octanol–water partition coefficient (Wildman–Crippen LogP) is 3.36. The van der Waals surface area contributed by atoms with Crippen molar-refractivity contribution in [2.24, 2.45) is 11.7 Å². The number of hydrogen-bond acceptors (Lipinski definition) is 2. The quantitative estimate of drug-likeness (QED) is 0.877. The lowest BCUT2D eigenvalue weighted by Crippen LogP contribution is -2.34. The van der Waals surface area contributed by atoms with Crippen molar-refractivity contribution in [3.63, 3.8) is 0 Å². The highest BCUT2D eigenvalue weighted by Gasteiger charge is 2.35. The van der Waals surface area contributed by atoms with Crippen LogP contribution in [0, 0.1) is 5.92 Å². The largest absolute Gasteiger partial charge is 0.417 e. The van der Waals surface area contributed by atoms with Crippen LogP contribution in [0.4, 0.5) is 13.2 Å². The van der Waals surface area contributed by atoms with Gasteiger partial charge in [0.1, 0.15) is 0 Å². The highest BCUT2D eigenvalue weighted by atomic mass is 35.5. The summed E-state index contributed by atoms with van der Waals surface area (Å²) in [7, 11) is 0. The van der Waals surface area contributed by atoms with Crippen molar-refractivity contribution in [1.82, 2.24) is 5.32 Å². The molecule has 0 spiro atoms. The molecule has 1 saturated heterocycles. The van der Waals surface area contributed by atoms with Gasteiger partial charge in [-0.1, -0.05) is 23.7 Å². The molecule has 0 radical (unpaired) electrons. The van der Waals surface area contributed by atoms with Gasteiger partial charge in [0.15, 0.2) is 0 Å². The molecule has 2 nitrogen and oxygen atoms in total. The summed E-state index contributed by atoms with van der Waals surface area (Å²) >= 11 is 5.89. The molecule has 0 aliphatic carbocycles. The third kappa shape index (κ3) is 3.22. The smallest absolute Gasteiger partial charge is 0.324 e. The van der Waals surface area contributed by atoms with E-state index in [0.717, 1.165) is 32.0 Å². The molecule has 0 unspecified atom stereocenters. The second-order valence-electron chi connectivity index (χ2n) is 4.82. The maximum atomic E-state index is 12.8. The van der Waals surface area contributed by atoms with Gasteiger partial charge in [-0.2, -0.15) is 13.2 Å². The van der Waals surface area contributed by atoms with Crippen LogP contribution in [0.5, 0.6) is 0 Å². The molecule has 1 aliphatic heterocycles. The number of nitrogens with one attached hydrogen (secondary N) is 1. The van der Waals surface area contributed by atoms with Crippen LogP contribution < -0.4 is 11.1 Å². The van der Waals surface area contributed by atoms with E-state index in [1.165, 1.54) is 6.07 Å². The SMILES string of the molecule is N[C@@H](c1cccc(C(F)(F)F)c1Cl)C1CCNCC1. The van der Waals surface area contributed by atoms with Gasteiger partial charge in [-0.25, -0.2) is 0 Å². The van der Waals surface area contributed by atoms with Crippen molar-refractivity contribution in [3.05, 3.63) is 34.3 Å². The molecule has 0 bridgehead atoms. The van der Waals surface area contributed by atoms with E-state index >= 15 is 0 Å². The molecule has 1 heterocycles. The first-order chi connectivity index (χ1) is 8.91. The first kappa shape index (κ1) is 14.6. The van der Waals surface area contributed by atoms with E-state index in [4.69, 9.17) is 17.3 Å². The van der Waals surface area contributed by atoms with Crippen molar-refractivity contribution in [1.29, 1.82) is 0 Å². The van der Waals surface area contributed by atoms with Gasteiger partial charge in [0.05, 0.1) is 10.6 Å². The lowest BCUT2D eigenvalue weighted by atomic mass is 9.86. The van der Waals surface area contributed by atoms with Crippen molar-refractivity contribution in [2.45, 2.75) is 25.1 Å². The Morgan fingerprint density at radius 3 is 2.47 bits per heavy atom. The van der Waals surface area contributed by atoms with Gasteiger partial charge in [-0.15, -0.1) is 0 Å². The average Bonchev–Trinajstić information content (AvgIpc) is 2.38. The number of benzene rings is 1. The Kier molecular flexibility index (Phi) is 4.38. The number of halogens is 4. The summed E-state index contributed by atoms with van der Waals surface area (Å²) < 4.78 is 38.4. The van der Waals surface area contributed by atoms with E-state index < -0.39 is 17.8 Å². The Hall–Kier alpha value is -0.780. The molecule has 1 aromatic rings. The molecule has 6 heteroatoms. The van der Waals surface area contributed by atoms with E-state index in [9.17, 15) is 13.2 Å². The normalized spacial score (nSPS) is 19.4. The fourth-order valence-electron chi connectivity index (χ4n) is 2.48. The molecule has 2 rings (SSSR count). The summed E-state index contributed by atoms with van der Waals surface area (Å²) in [6.07, 6.45) is -2.73. The molecule has 3 N–H and O–H groups in total. The highest BCUT2D eigenvalue weighted by Crippen LogP contribution is 2.39. The van der Waals surface area contributed by atoms with E-state index in [-0.39, 0.29) is 10.9 Å². The summed E-state index contributed by atoms with van der Waals surface area (Å²) in [6.45, 7) is 1.68. The fraction of sp³-hybridized carbons (Fsp3) is 0.538. The van der Waals surface area contributed by atoms with Gasteiger partial charge >= 0.3 is 6.18 Å². The number of nitrogens with two attached hydrogens (primary N) is 1. The average molecular weight is 293 g/mol. The van der Waals surface area contributed by atoms with Gasteiger partial charge in [-0.05, 0) is 43.5 Å². The van der Waals surface area contributed by atoms with Gasteiger partial charge in [0, 0.05) is 6.04 Å². The third-order valence-electron chi connectivity index (χ3n) is 3.58. The Morgan fingerprint density at radius 2 is 1.89 bits per heavy atom. The molecule has 0 saturated carbocycles. The molecule has 0 aromatic heterocycles. The minimum absolute atomic E-state index is 0.169. The molecule has 19 heavy (non-hydrogen) atoms. The number of alkyl halides is 3. The lowest BCUT2D eigenvalue weighted by Gasteiger charge is -2.29. The minimum atomic E-state index is -4.44. The molecule has 106 valence electrons. The monoisotopic (exact) mass is 292 g/mol. The van der Waals surface area contributed by atoms with E-state index in [1.54, 1.807) is 6.07 Å². The van der Waals surface area contributed by atoms with Crippen LogP contribution in [0.25, 0.3) is 0 Å². The zero-order valence-electron chi connectivity index (χ0n) is 10.3. The minimum Gasteiger partial charge on any atom is -0.324 e. The summed E-state index contributed by atoms with van der Waals surface area (Å²) in [4.78, 5) is 0. The second kappa shape index (κ2) is 5.69. The highest BCUT2D eigenvalue weighted by molar-refractivity contribution is 6.32. The Bertz CT molecular complexity index is 442. The lowest BCUT2D eigenvalue weighted by molar-refractivity contribution is -0.137. The van der Waals surface area contributed by atoms with Crippen molar-refractivity contribution < 1.29 is 13.2 Å². The van der Waals surface area contributed by atoms with Crippen LogP contribution in [0.2, 0.25) is 5.02 Å². The summed E-state index contributed by atoms with van der Waals surface area (Å²) in [5, 5.41) is 2.94. The van der Waals surface area contributed by atoms with Crippen LogP contribution in [0.1, 0.15) is 30.0 Å². The molecule has 1 aromatic carbocycles. The molecule has 1 fully saturated rings. The van der Waals surface area contributed by atoms with Crippen LogP contribution in [-0.2, 0) is 6.18 Å². The second-order valence-corrected chi connectivity index (χ2v) is 5.20. The summed E-state index contributed by atoms with van der Waals surface area (Å²) in [5.41, 5.74) is 5.69. The Balaban J connectivity index is 2.29. The standard InChI is InChI=1S/C13H16ClF3N2/c14-11-9(2-1-3-10(11)13(15,16)17)12(18)8-4-6-19-7-5-8/h1-3,8,12,19H,4-7,18H2/t12-/m1/s1. The summed E-state index contributed by atoms with van der Waals surface area (Å²) in [5.74, 6) is 0.169. The topological polar surface area (TPSA) is 38.0 Å². The zero-order chi connectivity index (χ0) is 14.0. The maximum absolute atomic E-state index is 12.8.